The highest BCUT2D eigenvalue weighted by molar-refractivity contribution is 7.07. The Balaban J connectivity index is 1.44. The summed E-state index contributed by atoms with van der Waals surface area (Å²) in [5.41, 5.74) is 6.21. The summed E-state index contributed by atoms with van der Waals surface area (Å²) in [5, 5.41) is 4.74. The number of carbonyl (C=O) groups is 2. The number of nitrogens with zero attached hydrogens (tertiary/aromatic N) is 2. The molecule has 5 nitrogen and oxygen atoms in total. The fraction of sp³-hybridized carbons (Fsp3) is 0.148. The van der Waals surface area contributed by atoms with Crippen LogP contribution in [0.2, 0.25) is 0 Å². The molecule has 6 heteroatoms. The first-order chi connectivity index (χ1) is 16.1. The Hall–Kier alpha value is -3.77. The maximum atomic E-state index is 13.2. The smallest absolute Gasteiger partial charge is 0.251 e. The van der Waals surface area contributed by atoms with E-state index in [0.717, 1.165) is 22.4 Å². The highest BCUT2D eigenvalue weighted by atomic mass is 32.1. The molecule has 0 saturated heterocycles. The standard InChI is InChI=1S/C27H25N3O2S/c1-20(22-10-6-3-7-11-22)30(17-21-8-4-2-5-9-21)26(31)16-28-27(32)24-14-12-23(13-15-24)25-18-33-19-29-25/h2-15,18-20H,16-17H2,1H3,(H,28,32)/t20-/m0/s1. The van der Waals surface area contributed by atoms with Crippen molar-refractivity contribution in [3.05, 3.63) is 113 Å². The molecule has 1 aromatic heterocycles. The third-order valence-electron chi connectivity index (χ3n) is 5.54. The van der Waals surface area contributed by atoms with Crippen LogP contribution >= 0.6 is 11.3 Å². The third-order valence-corrected chi connectivity index (χ3v) is 6.13. The molecular formula is C27H25N3O2S. The average Bonchev–Trinajstić information content (AvgIpc) is 3.42. The topological polar surface area (TPSA) is 62.3 Å². The molecule has 0 spiro atoms. The van der Waals surface area contributed by atoms with Crippen molar-refractivity contribution in [2.45, 2.75) is 19.5 Å². The average molecular weight is 456 g/mol. The van der Waals surface area contributed by atoms with Crippen molar-refractivity contribution in [1.29, 1.82) is 0 Å². The molecule has 166 valence electrons. The summed E-state index contributed by atoms with van der Waals surface area (Å²) >= 11 is 1.53. The zero-order valence-corrected chi connectivity index (χ0v) is 19.2. The predicted molar refractivity (Wildman–Crippen MR) is 132 cm³/mol. The van der Waals surface area contributed by atoms with E-state index in [1.807, 2.05) is 85.1 Å². The number of benzene rings is 3. The number of carbonyl (C=O) groups excluding carboxylic acids is 2. The SMILES string of the molecule is C[C@@H](c1ccccc1)N(Cc1ccccc1)C(=O)CNC(=O)c1ccc(-c2cscn2)cc1. The van der Waals surface area contributed by atoms with Gasteiger partial charge in [-0.25, -0.2) is 4.98 Å². The highest BCUT2D eigenvalue weighted by Gasteiger charge is 2.22. The number of nitrogens with one attached hydrogen (secondary N) is 1. The number of hydrogen-bond acceptors (Lipinski definition) is 4. The quantitative estimate of drug-likeness (QED) is 0.391. The lowest BCUT2D eigenvalue weighted by Crippen LogP contribution is -2.41. The van der Waals surface area contributed by atoms with Crippen molar-refractivity contribution in [1.82, 2.24) is 15.2 Å². The first-order valence-corrected chi connectivity index (χ1v) is 11.7. The molecule has 3 aromatic carbocycles. The van der Waals surface area contributed by atoms with Crippen molar-refractivity contribution < 1.29 is 9.59 Å². The molecule has 0 bridgehead atoms. The van der Waals surface area contributed by atoms with Crippen molar-refractivity contribution in [2.24, 2.45) is 0 Å². The van der Waals surface area contributed by atoms with Crippen molar-refractivity contribution in [3.63, 3.8) is 0 Å². The minimum Gasteiger partial charge on any atom is -0.343 e. The van der Waals surface area contributed by atoms with Crippen molar-refractivity contribution in [3.8, 4) is 11.3 Å². The molecule has 2 amide bonds. The van der Waals surface area contributed by atoms with Gasteiger partial charge in [0.1, 0.15) is 0 Å². The third kappa shape index (κ3) is 5.73. The molecule has 0 unspecified atom stereocenters. The van der Waals surface area contributed by atoms with E-state index >= 15 is 0 Å². The zero-order chi connectivity index (χ0) is 23.0. The van der Waals surface area contributed by atoms with Gasteiger partial charge in [-0.3, -0.25) is 9.59 Å². The molecule has 1 heterocycles. The second-order valence-electron chi connectivity index (χ2n) is 7.73. The number of amides is 2. The largest absolute Gasteiger partial charge is 0.343 e. The van der Waals surface area contributed by atoms with Crippen LogP contribution in [0, 0.1) is 0 Å². The molecule has 0 aliphatic rings. The lowest BCUT2D eigenvalue weighted by Gasteiger charge is -2.30. The van der Waals surface area contributed by atoms with Crippen molar-refractivity contribution >= 4 is 23.2 Å². The van der Waals surface area contributed by atoms with Gasteiger partial charge in [-0.15, -0.1) is 11.3 Å². The van der Waals surface area contributed by atoms with Crippen LogP contribution in [-0.2, 0) is 11.3 Å². The van der Waals surface area contributed by atoms with Crippen LogP contribution in [0.3, 0.4) is 0 Å². The fourth-order valence-electron chi connectivity index (χ4n) is 3.64. The number of aromatic nitrogens is 1. The summed E-state index contributed by atoms with van der Waals surface area (Å²) in [6.45, 7) is 2.40. The van der Waals surface area contributed by atoms with Gasteiger partial charge in [0.05, 0.1) is 23.8 Å². The molecule has 4 rings (SSSR count). The Morgan fingerprint density at radius 3 is 2.24 bits per heavy atom. The van der Waals surface area contributed by atoms with E-state index in [2.05, 4.69) is 10.3 Å². The van der Waals surface area contributed by atoms with Gasteiger partial charge in [0.25, 0.3) is 5.91 Å². The summed E-state index contributed by atoms with van der Waals surface area (Å²) in [4.78, 5) is 32.0. The Labute approximate surface area is 197 Å². The predicted octanol–water partition coefficient (Wildman–Crippen LogP) is 5.33. The van der Waals surface area contributed by atoms with E-state index in [1.54, 1.807) is 22.5 Å². The molecule has 0 radical (unpaired) electrons. The van der Waals surface area contributed by atoms with Crippen LogP contribution in [0.5, 0.6) is 0 Å². The van der Waals surface area contributed by atoms with Gasteiger partial charge < -0.3 is 10.2 Å². The Bertz CT molecular complexity index is 1180. The summed E-state index contributed by atoms with van der Waals surface area (Å²) in [6, 6.07) is 26.9. The lowest BCUT2D eigenvalue weighted by atomic mass is 10.1. The molecule has 0 aliphatic heterocycles. The maximum Gasteiger partial charge on any atom is 0.251 e. The second-order valence-corrected chi connectivity index (χ2v) is 8.45. The van der Waals surface area contributed by atoms with E-state index < -0.39 is 0 Å². The maximum absolute atomic E-state index is 13.2. The first kappa shape index (κ1) is 22.4. The second kappa shape index (κ2) is 10.7. The zero-order valence-electron chi connectivity index (χ0n) is 18.3. The number of hydrogen-bond donors (Lipinski definition) is 1. The molecule has 4 aromatic rings. The van der Waals surface area contributed by atoms with E-state index in [4.69, 9.17) is 0 Å². The highest BCUT2D eigenvalue weighted by Crippen LogP contribution is 2.23. The van der Waals surface area contributed by atoms with Crippen LogP contribution < -0.4 is 5.32 Å². The molecule has 0 saturated carbocycles. The fourth-order valence-corrected chi connectivity index (χ4v) is 4.20. The molecule has 1 atom stereocenters. The van der Waals surface area contributed by atoms with Crippen molar-refractivity contribution in [2.75, 3.05) is 6.54 Å². The van der Waals surface area contributed by atoms with Gasteiger partial charge in [0.15, 0.2) is 0 Å². The minimum absolute atomic E-state index is 0.0727. The Kier molecular flexibility index (Phi) is 7.27. The summed E-state index contributed by atoms with van der Waals surface area (Å²) < 4.78 is 0. The van der Waals surface area contributed by atoms with Crippen LogP contribution in [-0.4, -0.2) is 28.2 Å². The van der Waals surface area contributed by atoms with Crippen LogP contribution in [0.15, 0.2) is 95.8 Å². The van der Waals surface area contributed by atoms with E-state index in [1.165, 1.54) is 11.3 Å². The lowest BCUT2D eigenvalue weighted by molar-refractivity contribution is -0.133. The summed E-state index contributed by atoms with van der Waals surface area (Å²) in [6.07, 6.45) is 0. The van der Waals surface area contributed by atoms with Gasteiger partial charge in [0.2, 0.25) is 5.91 Å². The van der Waals surface area contributed by atoms with Gasteiger partial charge in [-0.2, -0.15) is 0 Å². The first-order valence-electron chi connectivity index (χ1n) is 10.8. The van der Waals surface area contributed by atoms with Gasteiger partial charge in [-0.05, 0) is 30.2 Å². The van der Waals surface area contributed by atoms with Crippen LogP contribution in [0.25, 0.3) is 11.3 Å². The Morgan fingerprint density at radius 1 is 0.939 bits per heavy atom. The van der Waals surface area contributed by atoms with Gasteiger partial charge in [-0.1, -0.05) is 72.8 Å². The van der Waals surface area contributed by atoms with E-state index in [0.29, 0.717) is 12.1 Å². The molecule has 0 fully saturated rings. The summed E-state index contributed by atoms with van der Waals surface area (Å²) in [7, 11) is 0. The Morgan fingerprint density at radius 2 is 1.61 bits per heavy atom. The minimum atomic E-state index is -0.278. The van der Waals surface area contributed by atoms with Gasteiger partial charge in [0, 0.05) is 23.1 Å². The normalized spacial score (nSPS) is 11.5. The molecular weight excluding hydrogens is 430 g/mol. The number of rotatable bonds is 8. The summed E-state index contributed by atoms with van der Waals surface area (Å²) in [5.74, 6) is -0.414. The molecule has 1 N–H and O–H groups in total. The van der Waals surface area contributed by atoms with E-state index in [-0.39, 0.29) is 24.4 Å². The van der Waals surface area contributed by atoms with E-state index in [9.17, 15) is 9.59 Å². The number of thiazole rings is 1. The van der Waals surface area contributed by atoms with Crippen LogP contribution in [0.4, 0.5) is 0 Å². The monoisotopic (exact) mass is 455 g/mol. The van der Waals surface area contributed by atoms with Crippen LogP contribution in [0.1, 0.15) is 34.5 Å². The molecule has 33 heavy (non-hydrogen) atoms. The molecule has 0 aliphatic carbocycles. The van der Waals surface area contributed by atoms with Gasteiger partial charge >= 0.3 is 0 Å².